The van der Waals surface area contributed by atoms with E-state index < -0.39 is 23.5 Å². The van der Waals surface area contributed by atoms with Crippen molar-refractivity contribution >= 4 is 17.7 Å². The first-order valence-electron chi connectivity index (χ1n) is 8.74. The first-order valence-corrected chi connectivity index (χ1v) is 8.74. The molecular formula is C21H26O5. The largest absolute Gasteiger partial charge is 0.466 e. The van der Waals surface area contributed by atoms with E-state index in [1.165, 1.54) is 13.2 Å². The van der Waals surface area contributed by atoms with Gasteiger partial charge in [-0.05, 0) is 43.9 Å². The molecular weight excluding hydrogens is 332 g/mol. The number of ketones is 1. The summed E-state index contributed by atoms with van der Waals surface area (Å²) >= 11 is 0. The van der Waals surface area contributed by atoms with Crippen LogP contribution in [0.2, 0.25) is 0 Å². The smallest absolute Gasteiger partial charge is 0.339 e. The molecule has 0 aliphatic carbocycles. The van der Waals surface area contributed by atoms with E-state index in [2.05, 4.69) is 4.74 Å². The Balaban J connectivity index is 2.10. The summed E-state index contributed by atoms with van der Waals surface area (Å²) in [4.78, 5) is 36.5. The summed E-state index contributed by atoms with van der Waals surface area (Å²) in [7, 11) is 1.33. The van der Waals surface area contributed by atoms with Crippen LogP contribution in [-0.2, 0) is 25.5 Å². The molecule has 5 heteroatoms. The second kappa shape index (κ2) is 7.85. The number of ether oxygens (including phenoxy) is 2. The Labute approximate surface area is 154 Å². The third kappa shape index (κ3) is 4.40. The van der Waals surface area contributed by atoms with Gasteiger partial charge in [0.2, 0.25) is 0 Å². The zero-order chi connectivity index (χ0) is 19.5. The molecule has 2 rings (SSSR count). The molecule has 140 valence electrons. The molecule has 0 saturated heterocycles. The number of allylic oxidation sites excluding steroid dienone is 1. The van der Waals surface area contributed by atoms with Crippen LogP contribution in [0.1, 0.15) is 55.1 Å². The van der Waals surface area contributed by atoms with E-state index in [0.717, 1.165) is 16.7 Å². The van der Waals surface area contributed by atoms with Crippen LogP contribution in [0.25, 0.3) is 0 Å². The minimum absolute atomic E-state index is 0.0920. The van der Waals surface area contributed by atoms with Gasteiger partial charge in [0.05, 0.1) is 12.7 Å². The van der Waals surface area contributed by atoms with Gasteiger partial charge in [-0.25, -0.2) is 9.59 Å². The van der Waals surface area contributed by atoms with E-state index in [-0.39, 0.29) is 5.78 Å². The van der Waals surface area contributed by atoms with Gasteiger partial charge < -0.3 is 9.47 Å². The van der Waals surface area contributed by atoms with Gasteiger partial charge in [-0.3, -0.25) is 4.79 Å². The summed E-state index contributed by atoms with van der Waals surface area (Å²) < 4.78 is 10.0. The van der Waals surface area contributed by atoms with Crippen LogP contribution in [0.5, 0.6) is 0 Å². The van der Waals surface area contributed by atoms with Crippen molar-refractivity contribution in [1.82, 2.24) is 0 Å². The molecule has 0 radical (unpaired) electrons. The van der Waals surface area contributed by atoms with Crippen LogP contribution >= 0.6 is 0 Å². The molecule has 0 amide bonds. The van der Waals surface area contributed by atoms with Gasteiger partial charge in [0, 0.05) is 17.9 Å². The number of aryl methyl sites for hydroxylation is 1. The molecule has 0 fully saturated rings. The summed E-state index contributed by atoms with van der Waals surface area (Å²) in [6.07, 6.45) is 2.22. The fourth-order valence-electron chi connectivity index (χ4n) is 3.13. The zero-order valence-corrected chi connectivity index (χ0v) is 16.0. The minimum atomic E-state index is -0.768. The molecule has 1 aliphatic heterocycles. The Bertz CT molecular complexity index is 758. The van der Waals surface area contributed by atoms with Crippen molar-refractivity contribution in [2.75, 3.05) is 7.11 Å². The Morgan fingerprint density at radius 3 is 2.69 bits per heavy atom. The Hall–Kier alpha value is -2.43. The predicted octanol–water partition coefficient (Wildman–Crippen LogP) is 3.57. The summed E-state index contributed by atoms with van der Waals surface area (Å²) in [6.45, 7) is 7.46. The maximum absolute atomic E-state index is 13.0. The molecule has 0 unspecified atom stereocenters. The summed E-state index contributed by atoms with van der Waals surface area (Å²) in [5.74, 6) is -0.934. The van der Waals surface area contributed by atoms with Crippen molar-refractivity contribution in [3.63, 3.8) is 0 Å². The number of cyclic esters (lactones) is 1. The molecule has 1 atom stereocenters. The van der Waals surface area contributed by atoms with Crippen LogP contribution in [0.15, 0.2) is 29.8 Å². The molecule has 1 aromatic rings. The van der Waals surface area contributed by atoms with Crippen LogP contribution in [0, 0.1) is 12.3 Å². The molecule has 0 aromatic heterocycles. The number of hydrogen-bond donors (Lipinski definition) is 0. The fourth-order valence-corrected chi connectivity index (χ4v) is 3.13. The lowest BCUT2D eigenvalue weighted by Crippen LogP contribution is -2.42. The first-order chi connectivity index (χ1) is 12.2. The maximum atomic E-state index is 13.0. The second-order valence-corrected chi connectivity index (χ2v) is 7.46. The third-order valence-corrected chi connectivity index (χ3v) is 4.94. The van der Waals surface area contributed by atoms with Gasteiger partial charge in [0.25, 0.3) is 0 Å². The second-order valence-electron chi connectivity index (χ2n) is 7.46. The molecule has 1 heterocycles. The highest BCUT2D eigenvalue weighted by Gasteiger charge is 2.39. The molecule has 1 aliphatic rings. The van der Waals surface area contributed by atoms with Crippen molar-refractivity contribution in [2.45, 2.75) is 53.1 Å². The molecule has 26 heavy (non-hydrogen) atoms. The van der Waals surface area contributed by atoms with Crippen molar-refractivity contribution < 1.29 is 23.9 Å². The Kier molecular flexibility index (Phi) is 6.01. The summed E-state index contributed by atoms with van der Waals surface area (Å²) in [5, 5.41) is 0. The monoisotopic (exact) mass is 358 g/mol. The van der Waals surface area contributed by atoms with Crippen LogP contribution in [0.4, 0.5) is 0 Å². The van der Waals surface area contributed by atoms with Gasteiger partial charge in [-0.1, -0.05) is 31.6 Å². The van der Waals surface area contributed by atoms with Crippen molar-refractivity contribution in [3.8, 4) is 0 Å². The van der Waals surface area contributed by atoms with Gasteiger partial charge in [-0.15, -0.1) is 0 Å². The SMILES string of the molecule is COC(=O)C=C(C)CCC(C)(C)C(=O)[C@H]1Cc2c(C)cccc2C(=O)O1. The number of methoxy groups -OCH3 is 1. The molecule has 0 N–H and O–H groups in total. The summed E-state index contributed by atoms with van der Waals surface area (Å²) in [5.41, 5.74) is 2.60. The molecule has 1 aromatic carbocycles. The lowest BCUT2D eigenvalue weighted by Gasteiger charge is -2.31. The average Bonchev–Trinajstić information content (AvgIpc) is 2.60. The molecule has 0 bridgehead atoms. The van der Waals surface area contributed by atoms with Crippen LogP contribution in [0.3, 0.4) is 0 Å². The number of esters is 2. The van der Waals surface area contributed by atoms with E-state index in [9.17, 15) is 14.4 Å². The number of benzene rings is 1. The first kappa shape index (κ1) is 19.9. The molecule has 0 saturated carbocycles. The normalized spacial score (nSPS) is 17.3. The number of fused-ring (bicyclic) bond motifs is 1. The number of Topliss-reactive ketones (excluding diaryl/α,β-unsaturated/α-hetero) is 1. The predicted molar refractivity (Wildman–Crippen MR) is 97.9 cm³/mol. The van der Waals surface area contributed by atoms with Crippen molar-refractivity contribution in [1.29, 1.82) is 0 Å². The Morgan fingerprint density at radius 2 is 2.04 bits per heavy atom. The fraction of sp³-hybridized carbons (Fsp3) is 0.476. The highest BCUT2D eigenvalue weighted by molar-refractivity contribution is 5.98. The topological polar surface area (TPSA) is 69.7 Å². The number of hydrogen-bond acceptors (Lipinski definition) is 5. The highest BCUT2D eigenvalue weighted by atomic mass is 16.5. The lowest BCUT2D eigenvalue weighted by atomic mass is 9.78. The van der Waals surface area contributed by atoms with Gasteiger partial charge >= 0.3 is 11.9 Å². The van der Waals surface area contributed by atoms with Crippen molar-refractivity contribution in [2.24, 2.45) is 5.41 Å². The van der Waals surface area contributed by atoms with E-state index in [1.807, 2.05) is 39.8 Å². The van der Waals surface area contributed by atoms with Crippen molar-refractivity contribution in [3.05, 3.63) is 46.5 Å². The zero-order valence-electron chi connectivity index (χ0n) is 16.0. The van der Waals surface area contributed by atoms with Gasteiger partial charge in [0.15, 0.2) is 11.9 Å². The van der Waals surface area contributed by atoms with E-state index >= 15 is 0 Å². The number of carbonyl (C=O) groups excluding carboxylic acids is 3. The van der Waals surface area contributed by atoms with E-state index in [0.29, 0.717) is 24.8 Å². The average molecular weight is 358 g/mol. The van der Waals surface area contributed by atoms with Crippen LogP contribution in [-0.4, -0.2) is 30.9 Å². The standard InChI is InChI=1S/C21H26O5/c1-13(11-18(22)25-5)9-10-21(3,4)19(23)17-12-16-14(2)7-6-8-15(16)20(24)26-17/h6-8,11,17H,9-10,12H2,1-5H3/t17-/m1/s1. The van der Waals surface area contributed by atoms with Gasteiger partial charge in [-0.2, -0.15) is 0 Å². The maximum Gasteiger partial charge on any atom is 0.339 e. The van der Waals surface area contributed by atoms with Gasteiger partial charge in [0.1, 0.15) is 0 Å². The third-order valence-electron chi connectivity index (χ3n) is 4.94. The molecule has 0 spiro atoms. The van der Waals surface area contributed by atoms with E-state index in [4.69, 9.17) is 4.74 Å². The summed E-state index contributed by atoms with van der Waals surface area (Å²) in [6, 6.07) is 5.49. The Morgan fingerprint density at radius 1 is 1.35 bits per heavy atom. The van der Waals surface area contributed by atoms with Crippen LogP contribution < -0.4 is 0 Å². The van der Waals surface area contributed by atoms with E-state index in [1.54, 1.807) is 6.07 Å². The minimum Gasteiger partial charge on any atom is -0.466 e. The quantitative estimate of drug-likeness (QED) is 0.574. The number of rotatable bonds is 6. The number of carbonyl (C=O) groups is 3. The lowest BCUT2D eigenvalue weighted by molar-refractivity contribution is -0.137. The highest BCUT2D eigenvalue weighted by Crippen LogP contribution is 2.32. The molecule has 5 nitrogen and oxygen atoms in total.